The van der Waals surface area contributed by atoms with Crippen LogP contribution in [0, 0.1) is 0 Å². The van der Waals surface area contributed by atoms with Crippen molar-refractivity contribution in [2.45, 2.75) is 36.4 Å². The van der Waals surface area contributed by atoms with Crippen molar-refractivity contribution in [3.05, 3.63) is 76.8 Å². The Hall–Kier alpha value is -2.47. The smallest absolute Gasteiger partial charge is 0.276 e. The Morgan fingerprint density at radius 3 is 2.28 bits per heavy atom. The minimum atomic E-state index is -0.530. The number of benzene rings is 2. The Labute approximate surface area is 149 Å². The average molecular weight is 350 g/mol. The van der Waals surface area contributed by atoms with Gasteiger partial charge in [-0.1, -0.05) is 61.2 Å². The molecule has 0 atom stereocenters. The second kappa shape index (κ2) is 6.80. The van der Waals surface area contributed by atoms with E-state index < -0.39 is 5.66 Å². The standard InChI is InChI=1S/C19H18N4OS/c1-2-19(20-15-10-6-7-11-16(15)21-19)12-17-22-23-18(24-17)25-13-14-8-4-3-5-9-14/h3-11H,2,12-13H2,1H3. The molecule has 0 N–H and O–H groups in total. The van der Waals surface area contributed by atoms with E-state index in [9.17, 15) is 0 Å². The lowest BCUT2D eigenvalue weighted by atomic mass is 10.1. The van der Waals surface area contributed by atoms with Crippen molar-refractivity contribution in [3.8, 4) is 0 Å². The summed E-state index contributed by atoms with van der Waals surface area (Å²) in [5.41, 5.74) is 0.700. The highest BCUT2D eigenvalue weighted by Gasteiger charge is 2.32. The van der Waals surface area contributed by atoms with E-state index in [2.05, 4.69) is 29.3 Å². The van der Waals surface area contributed by atoms with E-state index in [1.807, 2.05) is 42.5 Å². The van der Waals surface area contributed by atoms with Gasteiger partial charge in [-0.15, -0.1) is 10.2 Å². The van der Waals surface area contributed by atoms with E-state index in [4.69, 9.17) is 14.4 Å². The zero-order valence-electron chi connectivity index (χ0n) is 13.9. The van der Waals surface area contributed by atoms with Gasteiger partial charge in [0.05, 0.1) is 17.1 Å². The molecule has 4 rings (SSSR count). The van der Waals surface area contributed by atoms with Crippen LogP contribution in [0.25, 0.3) is 0 Å². The quantitative estimate of drug-likeness (QED) is 0.641. The molecule has 0 bridgehead atoms. The van der Waals surface area contributed by atoms with E-state index >= 15 is 0 Å². The van der Waals surface area contributed by atoms with Crippen LogP contribution >= 0.6 is 11.8 Å². The molecule has 0 saturated carbocycles. The van der Waals surface area contributed by atoms with Gasteiger partial charge in [0.15, 0.2) is 5.66 Å². The second-order valence-electron chi connectivity index (χ2n) is 5.96. The van der Waals surface area contributed by atoms with Gasteiger partial charge in [-0.25, -0.2) is 0 Å². The lowest BCUT2D eigenvalue weighted by Gasteiger charge is -2.18. The second-order valence-corrected chi connectivity index (χ2v) is 6.89. The van der Waals surface area contributed by atoms with E-state index in [0.717, 1.165) is 22.9 Å². The van der Waals surface area contributed by atoms with Crippen LogP contribution in [0.3, 0.4) is 0 Å². The van der Waals surface area contributed by atoms with Crippen molar-refractivity contribution >= 4 is 11.8 Å². The molecular weight excluding hydrogens is 332 g/mol. The van der Waals surface area contributed by atoms with Crippen molar-refractivity contribution in [3.63, 3.8) is 0 Å². The molecule has 0 saturated heterocycles. The van der Waals surface area contributed by atoms with Crippen LogP contribution in [0.15, 0.2) is 74.2 Å². The van der Waals surface area contributed by atoms with Crippen molar-refractivity contribution in [2.75, 3.05) is 0 Å². The maximum absolute atomic E-state index is 5.81. The minimum absolute atomic E-state index is 0.525. The lowest BCUT2D eigenvalue weighted by Crippen LogP contribution is -2.25. The summed E-state index contributed by atoms with van der Waals surface area (Å²) in [6.45, 7) is 2.08. The fourth-order valence-electron chi connectivity index (χ4n) is 2.82. The zero-order valence-corrected chi connectivity index (χ0v) is 14.7. The summed E-state index contributed by atoms with van der Waals surface area (Å²) in [4.78, 5) is 9.60. The van der Waals surface area contributed by atoms with E-state index in [-0.39, 0.29) is 0 Å². The topological polar surface area (TPSA) is 63.6 Å². The number of fused-ring (bicyclic) bond motifs is 1. The molecule has 0 fully saturated rings. The molecule has 0 amide bonds. The highest BCUT2D eigenvalue weighted by Crippen LogP contribution is 2.26. The molecule has 0 spiro atoms. The van der Waals surface area contributed by atoms with Gasteiger partial charge in [-0.2, -0.15) is 0 Å². The molecule has 126 valence electrons. The molecule has 0 radical (unpaired) electrons. The largest absolute Gasteiger partial charge is 0.416 e. The first-order valence-corrected chi connectivity index (χ1v) is 9.29. The van der Waals surface area contributed by atoms with Crippen LogP contribution in [0.2, 0.25) is 0 Å². The third-order valence-corrected chi connectivity index (χ3v) is 5.08. The average Bonchev–Trinajstić information content (AvgIpc) is 3.25. The molecular formula is C19H18N4OS. The zero-order chi connectivity index (χ0) is 17.1. The van der Waals surface area contributed by atoms with Crippen LogP contribution in [0.1, 0.15) is 24.8 Å². The van der Waals surface area contributed by atoms with Crippen molar-refractivity contribution < 1.29 is 4.42 Å². The summed E-state index contributed by atoms with van der Waals surface area (Å²) in [7, 11) is 0. The molecule has 0 aliphatic carbocycles. The Balaban J connectivity index is 1.48. The van der Waals surface area contributed by atoms with Crippen LogP contribution in [0.4, 0.5) is 0 Å². The molecule has 3 aromatic rings. The Morgan fingerprint density at radius 1 is 0.920 bits per heavy atom. The first kappa shape index (κ1) is 16.0. The highest BCUT2D eigenvalue weighted by atomic mass is 32.2. The highest BCUT2D eigenvalue weighted by molar-refractivity contribution is 7.98. The minimum Gasteiger partial charge on any atom is -0.416 e. The number of aromatic nitrogens is 2. The molecule has 2 heterocycles. The van der Waals surface area contributed by atoms with Crippen molar-refractivity contribution in [1.29, 1.82) is 0 Å². The maximum Gasteiger partial charge on any atom is 0.276 e. The fraction of sp³-hybridized carbons (Fsp3) is 0.263. The summed E-state index contributed by atoms with van der Waals surface area (Å²) < 4.78 is 5.81. The summed E-state index contributed by atoms with van der Waals surface area (Å²) in [6.07, 6.45) is 1.31. The monoisotopic (exact) mass is 350 g/mol. The van der Waals surface area contributed by atoms with Gasteiger partial charge in [-0.3, -0.25) is 9.98 Å². The Morgan fingerprint density at radius 2 is 1.60 bits per heavy atom. The summed E-state index contributed by atoms with van der Waals surface area (Å²) in [6, 6.07) is 18.2. The fourth-order valence-corrected chi connectivity index (χ4v) is 3.55. The van der Waals surface area contributed by atoms with Crippen LogP contribution < -0.4 is 10.7 Å². The van der Waals surface area contributed by atoms with Gasteiger partial charge in [0.25, 0.3) is 5.22 Å². The van der Waals surface area contributed by atoms with E-state index in [1.165, 1.54) is 5.56 Å². The number of hydrogen-bond donors (Lipinski definition) is 0. The van der Waals surface area contributed by atoms with Crippen LogP contribution in [-0.4, -0.2) is 15.9 Å². The first-order chi connectivity index (χ1) is 12.3. The SMILES string of the molecule is CCC1(Cc2nnc(SCc3ccccc3)o2)N=c2ccccc2=N1. The maximum atomic E-state index is 5.81. The Bertz CT molecular complexity index is 949. The normalized spacial score (nSPS) is 14.6. The molecule has 6 heteroatoms. The first-order valence-electron chi connectivity index (χ1n) is 8.30. The lowest BCUT2D eigenvalue weighted by molar-refractivity contribution is 0.346. The summed E-state index contributed by atoms with van der Waals surface area (Å²) in [5.74, 6) is 1.39. The summed E-state index contributed by atoms with van der Waals surface area (Å²) in [5, 5.41) is 10.8. The predicted molar refractivity (Wildman–Crippen MR) is 95.8 cm³/mol. The molecule has 1 aromatic heterocycles. The van der Waals surface area contributed by atoms with Gasteiger partial charge in [0, 0.05) is 5.75 Å². The number of para-hydroxylation sites is 2. The number of hydrogen-bond acceptors (Lipinski definition) is 6. The van der Waals surface area contributed by atoms with Gasteiger partial charge >= 0.3 is 0 Å². The van der Waals surface area contributed by atoms with Crippen molar-refractivity contribution in [1.82, 2.24) is 10.2 Å². The molecule has 25 heavy (non-hydrogen) atoms. The number of nitrogens with zero attached hydrogens (tertiary/aromatic N) is 4. The molecule has 1 aliphatic heterocycles. The Kier molecular flexibility index (Phi) is 4.36. The van der Waals surface area contributed by atoms with E-state index in [1.54, 1.807) is 11.8 Å². The van der Waals surface area contributed by atoms with Gasteiger partial charge in [-0.05, 0) is 24.1 Å². The number of rotatable bonds is 6. The molecule has 1 aliphatic rings. The van der Waals surface area contributed by atoms with Gasteiger partial charge < -0.3 is 4.42 Å². The number of thioether (sulfide) groups is 1. The van der Waals surface area contributed by atoms with Gasteiger partial charge in [0.1, 0.15) is 0 Å². The molecule has 5 nitrogen and oxygen atoms in total. The third kappa shape index (κ3) is 3.49. The van der Waals surface area contributed by atoms with Gasteiger partial charge in [0.2, 0.25) is 5.89 Å². The van der Waals surface area contributed by atoms with Crippen LogP contribution in [-0.2, 0) is 12.2 Å². The molecule has 0 unspecified atom stereocenters. The predicted octanol–water partition coefficient (Wildman–Crippen LogP) is 2.96. The van der Waals surface area contributed by atoms with Crippen LogP contribution in [0.5, 0.6) is 0 Å². The third-order valence-electron chi connectivity index (χ3n) is 4.19. The molecule has 2 aromatic carbocycles. The van der Waals surface area contributed by atoms with E-state index in [0.29, 0.717) is 17.5 Å². The summed E-state index contributed by atoms with van der Waals surface area (Å²) >= 11 is 1.54. The van der Waals surface area contributed by atoms with Crippen molar-refractivity contribution in [2.24, 2.45) is 9.98 Å².